The summed E-state index contributed by atoms with van der Waals surface area (Å²) in [5.74, 6) is 1.89. The zero-order chi connectivity index (χ0) is 19.2. The van der Waals surface area contributed by atoms with Crippen LogP contribution < -0.4 is 15.4 Å². The van der Waals surface area contributed by atoms with Crippen LogP contribution in [0.25, 0.3) is 0 Å². The number of ether oxygens (including phenoxy) is 1. The Labute approximate surface area is 153 Å². The largest absolute Gasteiger partial charge is 0.491 e. The number of aromatic nitrogens is 1. The van der Waals surface area contributed by atoms with Gasteiger partial charge in [0.1, 0.15) is 5.76 Å². The molecule has 0 atom stereocenters. The first-order valence-electron chi connectivity index (χ1n) is 8.64. The van der Waals surface area contributed by atoms with E-state index < -0.39 is 0 Å². The third kappa shape index (κ3) is 5.47. The highest BCUT2D eigenvalue weighted by atomic mass is 19.1. The lowest BCUT2D eigenvalue weighted by Crippen LogP contribution is -2.36. The molecule has 1 aromatic heterocycles. The Kier molecular flexibility index (Phi) is 6.60. The third-order valence-electron chi connectivity index (χ3n) is 3.68. The summed E-state index contributed by atoms with van der Waals surface area (Å²) in [5.41, 5.74) is 0.711. The SMILES string of the molecule is CCOc1ccc(CNC(=NC)NCc2ncc(C(C)(C)C)o2)cc1F. The van der Waals surface area contributed by atoms with Crippen molar-refractivity contribution in [2.24, 2.45) is 4.99 Å². The van der Waals surface area contributed by atoms with E-state index in [2.05, 4.69) is 41.4 Å². The fourth-order valence-electron chi connectivity index (χ4n) is 2.23. The lowest BCUT2D eigenvalue weighted by Gasteiger charge is -2.13. The summed E-state index contributed by atoms with van der Waals surface area (Å²) in [6, 6.07) is 4.90. The summed E-state index contributed by atoms with van der Waals surface area (Å²) in [6.07, 6.45) is 1.75. The molecule has 26 heavy (non-hydrogen) atoms. The van der Waals surface area contributed by atoms with Gasteiger partial charge in [0.15, 0.2) is 17.5 Å². The molecule has 0 bridgehead atoms. The van der Waals surface area contributed by atoms with Gasteiger partial charge in [0.05, 0.1) is 19.3 Å². The molecule has 1 aromatic carbocycles. The predicted octanol–water partition coefficient (Wildman–Crippen LogP) is 3.38. The maximum absolute atomic E-state index is 13.9. The number of guanidine groups is 1. The number of hydrogen-bond donors (Lipinski definition) is 2. The molecule has 0 unspecified atom stereocenters. The third-order valence-corrected chi connectivity index (χ3v) is 3.68. The first-order valence-corrected chi connectivity index (χ1v) is 8.64. The van der Waals surface area contributed by atoms with Crippen LogP contribution in [0.1, 0.15) is 44.9 Å². The number of nitrogens with zero attached hydrogens (tertiary/aromatic N) is 2. The molecule has 0 aliphatic carbocycles. The molecule has 142 valence electrons. The van der Waals surface area contributed by atoms with Gasteiger partial charge in [-0.3, -0.25) is 4.99 Å². The van der Waals surface area contributed by atoms with E-state index in [1.54, 1.807) is 19.3 Å². The van der Waals surface area contributed by atoms with Gasteiger partial charge in [0.25, 0.3) is 0 Å². The van der Waals surface area contributed by atoms with Crippen LogP contribution in [0.2, 0.25) is 0 Å². The zero-order valence-corrected chi connectivity index (χ0v) is 16.0. The molecule has 6 nitrogen and oxygen atoms in total. The van der Waals surface area contributed by atoms with E-state index in [0.29, 0.717) is 31.5 Å². The molecule has 0 aliphatic heterocycles. The first kappa shape index (κ1) is 19.8. The van der Waals surface area contributed by atoms with Crippen molar-refractivity contribution < 1.29 is 13.5 Å². The minimum atomic E-state index is -0.372. The average Bonchev–Trinajstić information content (AvgIpc) is 3.07. The van der Waals surface area contributed by atoms with Gasteiger partial charge in [-0.1, -0.05) is 26.8 Å². The molecule has 2 aromatic rings. The highest BCUT2D eigenvalue weighted by molar-refractivity contribution is 5.79. The maximum atomic E-state index is 13.9. The van der Waals surface area contributed by atoms with E-state index in [0.717, 1.165) is 11.3 Å². The van der Waals surface area contributed by atoms with Crippen LogP contribution in [-0.4, -0.2) is 24.6 Å². The molecule has 0 saturated carbocycles. The van der Waals surface area contributed by atoms with Gasteiger partial charge in [-0.25, -0.2) is 9.37 Å². The number of aliphatic imine (C=N–C) groups is 1. The summed E-state index contributed by atoms with van der Waals surface area (Å²) >= 11 is 0. The summed E-state index contributed by atoms with van der Waals surface area (Å²) < 4.78 is 24.8. The number of rotatable bonds is 6. The number of hydrogen-bond acceptors (Lipinski definition) is 4. The van der Waals surface area contributed by atoms with Crippen LogP contribution in [0.5, 0.6) is 5.75 Å². The number of halogens is 1. The van der Waals surface area contributed by atoms with Gasteiger partial charge >= 0.3 is 0 Å². The normalized spacial score (nSPS) is 12.2. The predicted molar refractivity (Wildman–Crippen MR) is 99.8 cm³/mol. The van der Waals surface area contributed by atoms with Gasteiger partial charge in [-0.2, -0.15) is 0 Å². The highest BCUT2D eigenvalue weighted by Crippen LogP contribution is 2.22. The summed E-state index contributed by atoms with van der Waals surface area (Å²) in [7, 11) is 1.67. The Morgan fingerprint density at radius 2 is 2.00 bits per heavy atom. The number of oxazole rings is 1. The van der Waals surface area contributed by atoms with Crippen molar-refractivity contribution in [3.8, 4) is 5.75 Å². The van der Waals surface area contributed by atoms with Crippen LogP contribution in [-0.2, 0) is 18.5 Å². The fourth-order valence-corrected chi connectivity index (χ4v) is 2.23. The highest BCUT2D eigenvalue weighted by Gasteiger charge is 2.19. The molecule has 0 radical (unpaired) electrons. The van der Waals surface area contributed by atoms with Crippen molar-refractivity contribution in [2.45, 2.75) is 46.2 Å². The second-order valence-electron chi connectivity index (χ2n) is 6.85. The quantitative estimate of drug-likeness (QED) is 0.609. The summed E-state index contributed by atoms with van der Waals surface area (Å²) in [5, 5.41) is 6.26. The van der Waals surface area contributed by atoms with Crippen LogP contribution in [0, 0.1) is 5.82 Å². The molecule has 1 heterocycles. The molecule has 0 amide bonds. The zero-order valence-electron chi connectivity index (χ0n) is 16.0. The Balaban J connectivity index is 1.88. The number of nitrogens with one attached hydrogen (secondary N) is 2. The van der Waals surface area contributed by atoms with Crippen molar-refractivity contribution in [1.82, 2.24) is 15.6 Å². The fraction of sp³-hybridized carbons (Fsp3) is 0.474. The Bertz CT molecular complexity index is 750. The Hall–Kier alpha value is -2.57. The van der Waals surface area contributed by atoms with E-state index in [1.165, 1.54) is 6.07 Å². The molecule has 0 fully saturated rings. The standard InChI is InChI=1S/C19H27FN4O2/c1-6-25-15-8-7-13(9-14(15)20)10-23-18(21-5)24-12-17-22-11-16(26-17)19(2,3)4/h7-9,11H,6,10,12H2,1-5H3,(H2,21,23,24). The van der Waals surface area contributed by atoms with E-state index in [1.807, 2.05) is 13.0 Å². The lowest BCUT2D eigenvalue weighted by atomic mass is 9.94. The molecule has 0 aliphatic rings. The second kappa shape index (κ2) is 8.69. The van der Waals surface area contributed by atoms with Crippen LogP contribution in [0.4, 0.5) is 4.39 Å². The van der Waals surface area contributed by atoms with Gasteiger partial charge in [-0.15, -0.1) is 0 Å². The van der Waals surface area contributed by atoms with Crippen molar-refractivity contribution in [2.75, 3.05) is 13.7 Å². The van der Waals surface area contributed by atoms with Gasteiger partial charge < -0.3 is 19.8 Å². The second-order valence-corrected chi connectivity index (χ2v) is 6.85. The number of benzene rings is 1. The molecular weight excluding hydrogens is 335 g/mol. The Morgan fingerprint density at radius 3 is 2.58 bits per heavy atom. The molecule has 2 N–H and O–H groups in total. The molecule has 0 spiro atoms. The van der Waals surface area contributed by atoms with Crippen molar-refractivity contribution in [3.63, 3.8) is 0 Å². The minimum Gasteiger partial charge on any atom is -0.491 e. The lowest BCUT2D eigenvalue weighted by molar-refractivity contribution is 0.321. The Morgan fingerprint density at radius 1 is 1.27 bits per heavy atom. The van der Waals surface area contributed by atoms with Gasteiger partial charge in [0, 0.05) is 19.0 Å². The van der Waals surface area contributed by atoms with Crippen molar-refractivity contribution in [3.05, 3.63) is 47.4 Å². The van der Waals surface area contributed by atoms with Crippen LogP contribution >= 0.6 is 0 Å². The van der Waals surface area contributed by atoms with Crippen LogP contribution in [0.3, 0.4) is 0 Å². The van der Waals surface area contributed by atoms with Gasteiger partial charge in [-0.05, 0) is 24.6 Å². The summed E-state index contributed by atoms with van der Waals surface area (Å²) in [4.78, 5) is 8.42. The maximum Gasteiger partial charge on any atom is 0.213 e. The molecular formula is C19H27FN4O2. The summed E-state index contributed by atoms with van der Waals surface area (Å²) in [6.45, 7) is 9.31. The molecule has 7 heteroatoms. The first-order chi connectivity index (χ1) is 12.3. The van der Waals surface area contributed by atoms with E-state index in [4.69, 9.17) is 9.15 Å². The smallest absolute Gasteiger partial charge is 0.213 e. The topological polar surface area (TPSA) is 71.7 Å². The van der Waals surface area contributed by atoms with E-state index >= 15 is 0 Å². The van der Waals surface area contributed by atoms with E-state index in [9.17, 15) is 4.39 Å². The molecule has 0 saturated heterocycles. The monoisotopic (exact) mass is 362 g/mol. The van der Waals surface area contributed by atoms with Crippen molar-refractivity contribution in [1.29, 1.82) is 0 Å². The minimum absolute atomic E-state index is 0.0805. The van der Waals surface area contributed by atoms with Crippen LogP contribution in [0.15, 0.2) is 33.8 Å². The molecule has 2 rings (SSSR count). The average molecular weight is 362 g/mol. The van der Waals surface area contributed by atoms with E-state index in [-0.39, 0.29) is 17.0 Å². The van der Waals surface area contributed by atoms with Gasteiger partial charge in [0.2, 0.25) is 5.89 Å². The van der Waals surface area contributed by atoms with Crippen molar-refractivity contribution >= 4 is 5.96 Å².